The summed E-state index contributed by atoms with van der Waals surface area (Å²) >= 11 is 3.38. The Morgan fingerprint density at radius 2 is 2.12 bits per heavy atom. The van der Waals surface area contributed by atoms with Gasteiger partial charge in [0, 0.05) is 4.47 Å². The van der Waals surface area contributed by atoms with Crippen LogP contribution in [0.15, 0.2) is 28.7 Å². The topological polar surface area (TPSA) is 66.6 Å². The van der Waals surface area contributed by atoms with Crippen molar-refractivity contribution in [2.24, 2.45) is 11.7 Å². The van der Waals surface area contributed by atoms with Gasteiger partial charge in [0.15, 0.2) is 0 Å². The monoisotopic (exact) mass is 284 g/mol. The Bertz CT molecular complexity index is 393. The maximum atomic E-state index is 10.6. The smallest absolute Gasteiger partial charge is 0.338 e. The van der Waals surface area contributed by atoms with Gasteiger partial charge in [0.2, 0.25) is 0 Å². The number of carbonyl (C=O) groups is 1. The second kappa shape index (κ2) is 4.43. The van der Waals surface area contributed by atoms with Gasteiger partial charge in [-0.2, -0.15) is 0 Å². The Hall–Kier alpha value is -1.07. The first-order chi connectivity index (χ1) is 7.58. The first kappa shape index (κ1) is 11.4. The van der Waals surface area contributed by atoms with Crippen molar-refractivity contribution in [1.82, 2.24) is 5.06 Å². The number of benzene rings is 1. The molecule has 2 atom stereocenters. The van der Waals surface area contributed by atoms with E-state index < -0.39 is 6.03 Å². The lowest BCUT2D eigenvalue weighted by Gasteiger charge is -2.11. The third-order valence-corrected chi connectivity index (χ3v) is 3.41. The lowest BCUT2D eigenvalue weighted by molar-refractivity contribution is -0.0431. The normalized spacial score (nSPS) is 22.9. The van der Waals surface area contributed by atoms with Gasteiger partial charge in [-0.15, -0.1) is 0 Å². The van der Waals surface area contributed by atoms with E-state index in [1.165, 1.54) is 5.56 Å². The van der Waals surface area contributed by atoms with Gasteiger partial charge in [-0.3, -0.25) is 5.21 Å². The predicted molar refractivity (Wildman–Crippen MR) is 63.1 cm³/mol. The van der Waals surface area contributed by atoms with Crippen molar-refractivity contribution in [2.75, 3.05) is 6.54 Å². The minimum absolute atomic E-state index is 0.316. The molecule has 5 heteroatoms. The molecule has 1 aliphatic rings. The van der Waals surface area contributed by atoms with Crippen LogP contribution in [0.1, 0.15) is 17.9 Å². The van der Waals surface area contributed by atoms with Gasteiger partial charge < -0.3 is 5.73 Å². The minimum atomic E-state index is -0.790. The Balaban J connectivity index is 1.91. The number of hydrogen-bond acceptors (Lipinski definition) is 2. The van der Waals surface area contributed by atoms with Gasteiger partial charge in [0.1, 0.15) is 0 Å². The van der Waals surface area contributed by atoms with Crippen LogP contribution in [-0.2, 0) is 0 Å². The zero-order valence-electron chi connectivity index (χ0n) is 8.64. The van der Waals surface area contributed by atoms with Crippen LogP contribution in [0.5, 0.6) is 0 Å². The fourth-order valence-corrected chi connectivity index (χ4v) is 2.14. The maximum absolute atomic E-state index is 10.6. The molecule has 3 N–H and O–H groups in total. The second-order valence-electron chi connectivity index (χ2n) is 4.07. The first-order valence-electron chi connectivity index (χ1n) is 5.09. The fraction of sp³-hybridized carbons (Fsp3) is 0.364. The van der Waals surface area contributed by atoms with Crippen molar-refractivity contribution in [3.8, 4) is 0 Å². The molecule has 1 aliphatic carbocycles. The number of rotatable bonds is 3. The number of urea groups is 1. The second-order valence-corrected chi connectivity index (χ2v) is 4.99. The van der Waals surface area contributed by atoms with Crippen molar-refractivity contribution in [2.45, 2.75) is 12.3 Å². The molecular weight excluding hydrogens is 272 g/mol. The highest BCUT2D eigenvalue weighted by atomic mass is 79.9. The molecule has 16 heavy (non-hydrogen) atoms. The van der Waals surface area contributed by atoms with Crippen molar-refractivity contribution in [3.63, 3.8) is 0 Å². The molecule has 0 aliphatic heterocycles. The van der Waals surface area contributed by atoms with Crippen LogP contribution in [0.2, 0.25) is 0 Å². The number of amides is 2. The van der Waals surface area contributed by atoms with Crippen LogP contribution in [0.3, 0.4) is 0 Å². The van der Waals surface area contributed by atoms with E-state index in [1.54, 1.807) is 0 Å². The van der Waals surface area contributed by atoms with E-state index in [0.29, 0.717) is 23.4 Å². The van der Waals surface area contributed by atoms with Gasteiger partial charge in [-0.1, -0.05) is 28.1 Å². The van der Waals surface area contributed by atoms with E-state index in [1.807, 2.05) is 12.1 Å². The lowest BCUT2D eigenvalue weighted by atomic mass is 10.1. The summed E-state index contributed by atoms with van der Waals surface area (Å²) in [6.07, 6.45) is 0.992. The number of nitrogens with zero attached hydrogens (tertiary/aromatic N) is 1. The molecule has 4 nitrogen and oxygen atoms in total. The number of hydroxylamine groups is 2. The molecule has 0 bridgehead atoms. The zero-order chi connectivity index (χ0) is 11.7. The summed E-state index contributed by atoms with van der Waals surface area (Å²) in [6, 6.07) is 7.31. The van der Waals surface area contributed by atoms with Gasteiger partial charge >= 0.3 is 6.03 Å². The SMILES string of the molecule is NC(=O)N(O)C[C@@H]1C[C@H]1c1ccc(Br)cc1. The maximum Gasteiger partial charge on any atom is 0.338 e. The van der Waals surface area contributed by atoms with E-state index in [-0.39, 0.29) is 0 Å². The standard InChI is InChI=1S/C11H13BrN2O2/c12-9-3-1-7(2-4-9)10-5-8(10)6-14(16)11(13)15/h1-4,8,10,16H,5-6H2,(H2,13,15)/t8-,10-/m0/s1. The van der Waals surface area contributed by atoms with Gasteiger partial charge in [0.05, 0.1) is 6.54 Å². The van der Waals surface area contributed by atoms with E-state index in [2.05, 4.69) is 28.1 Å². The van der Waals surface area contributed by atoms with E-state index in [9.17, 15) is 10.0 Å². The summed E-state index contributed by atoms with van der Waals surface area (Å²) in [5.74, 6) is 0.751. The van der Waals surface area contributed by atoms with Gasteiger partial charge in [-0.25, -0.2) is 9.86 Å². The van der Waals surface area contributed by atoms with Crippen LogP contribution in [0, 0.1) is 5.92 Å². The molecular formula is C11H13BrN2O2. The fourth-order valence-electron chi connectivity index (χ4n) is 1.88. The number of nitrogens with two attached hydrogens (primary N) is 1. The highest BCUT2D eigenvalue weighted by molar-refractivity contribution is 9.10. The number of halogens is 1. The van der Waals surface area contributed by atoms with E-state index >= 15 is 0 Å². The van der Waals surface area contributed by atoms with Crippen molar-refractivity contribution in [3.05, 3.63) is 34.3 Å². The molecule has 2 amide bonds. The predicted octanol–water partition coefficient (Wildman–Crippen LogP) is 2.32. The Morgan fingerprint density at radius 1 is 1.50 bits per heavy atom. The Kier molecular flexibility index (Phi) is 3.16. The average Bonchev–Trinajstić information content (AvgIpc) is 2.98. The molecule has 0 radical (unpaired) electrons. The van der Waals surface area contributed by atoms with E-state index in [0.717, 1.165) is 10.9 Å². The van der Waals surface area contributed by atoms with Crippen LogP contribution < -0.4 is 5.73 Å². The third-order valence-electron chi connectivity index (χ3n) is 2.88. The largest absolute Gasteiger partial charge is 0.350 e. The zero-order valence-corrected chi connectivity index (χ0v) is 10.2. The summed E-state index contributed by atoms with van der Waals surface area (Å²) < 4.78 is 1.05. The number of carbonyl (C=O) groups excluding carboxylic acids is 1. The molecule has 0 spiro atoms. The van der Waals surface area contributed by atoms with Crippen LogP contribution in [0.25, 0.3) is 0 Å². The summed E-state index contributed by atoms with van der Waals surface area (Å²) in [4.78, 5) is 10.6. The molecule has 0 saturated heterocycles. The summed E-state index contributed by atoms with van der Waals surface area (Å²) in [5.41, 5.74) is 6.19. The van der Waals surface area contributed by atoms with Gasteiger partial charge in [-0.05, 0) is 36.0 Å². The Labute approximate surface area is 102 Å². The molecule has 1 aromatic rings. The van der Waals surface area contributed by atoms with Crippen LogP contribution in [0.4, 0.5) is 4.79 Å². The molecule has 86 valence electrons. The van der Waals surface area contributed by atoms with Crippen LogP contribution >= 0.6 is 15.9 Å². The number of primary amides is 1. The third kappa shape index (κ3) is 2.54. The molecule has 0 unspecified atom stereocenters. The molecule has 1 saturated carbocycles. The average molecular weight is 285 g/mol. The minimum Gasteiger partial charge on any atom is -0.350 e. The number of hydrogen-bond donors (Lipinski definition) is 2. The molecule has 1 fully saturated rings. The van der Waals surface area contributed by atoms with Crippen molar-refractivity contribution >= 4 is 22.0 Å². The molecule has 0 aromatic heterocycles. The molecule has 2 rings (SSSR count). The lowest BCUT2D eigenvalue weighted by Crippen LogP contribution is -2.34. The molecule has 0 heterocycles. The van der Waals surface area contributed by atoms with Crippen molar-refractivity contribution < 1.29 is 10.0 Å². The van der Waals surface area contributed by atoms with Crippen molar-refractivity contribution in [1.29, 1.82) is 0 Å². The van der Waals surface area contributed by atoms with E-state index in [4.69, 9.17) is 5.73 Å². The summed E-state index contributed by atoms with van der Waals surface area (Å²) in [6.45, 7) is 0.316. The first-order valence-corrected chi connectivity index (χ1v) is 5.88. The summed E-state index contributed by atoms with van der Waals surface area (Å²) in [5, 5.41) is 9.78. The molecule has 1 aromatic carbocycles. The quantitative estimate of drug-likeness (QED) is 0.661. The highest BCUT2D eigenvalue weighted by Gasteiger charge is 2.39. The Morgan fingerprint density at radius 3 is 2.69 bits per heavy atom. The highest BCUT2D eigenvalue weighted by Crippen LogP contribution is 2.47. The van der Waals surface area contributed by atoms with Crippen LogP contribution in [-0.4, -0.2) is 22.8 Å². The van der Waals surface area contributed by atoms with Gasteiger partial charge in [0.25, 0.3) is 0 Å². The summed E-state index contributed by atoms with van der Waals surface area (Å²) in [7, 11) is 0.